The molecule has 4 fully saturated rings. The van der Waals surface area contributed by atoms with E-state index in [1.165, 1.54) is 31.1 Å². The number of para-hydroxylation sites is 1. The Labute approximate surface area is 258 Å². The Morgan fingerprint density at radius 1 is 0.909 bits per heavy atom. The highest BCUT2D eigenvalue weighted by atomic mass is 16.4. The second-order valence-electron chi connectivity index (χ2n) is 13.6. The fourth-order valence-corrected chi connectivity index (χ4v) is 9.10. The van der Waals surface area contributed by atoms with Crippen LogP contribution < -0.4 is 10.2 Å². The van der Waals surface area contributed by atoms with Crippen LogP contribution in [-0.4, -0.2) is 58.1 Å². The molecule has 9 nitrogen and oxygen atoms in total. The largest absolute Gasteiger partial charge is 0.481 e. The van der Waals surface area contributed by atoms with Gasteiger partial charge in [-0.25, -0.2) is 0 Å². The van der Waals surface area contributed by atoms with Crippen LogP contribution in [0.5, 0.6) is 0 Å². The molecule has 2 aromatic rings. The summed E-state index contributed by atoms with van der Waals surface area (Å²) in [7, 11) is 0. The Morgan fingerprint density at radius 3 is 2.14 bits per heavy atom. The van der Waals surface area contributed by atoms with Crippen LogP contribution in [0.15, 0.2) is 54.6 Å². The number of rotatable bonds is 8. The molecule has 9 heteroatoms. The molecule has 1 heterocycles. The Morgan fingerprint density at radius 2 is 1.52 bits per heavy atom. The number of hydrogen-bond donors (Lipinski definition) is 2. The molecule has 1 aliphatic heterocycles. The zero-order valence-electron chi connectivity index (χ0n) is 25.2. The van der Waals surface area contributed by atoms with Gasteiger partial charge in [0.15, 0.2) is 5.78 Å². The van der Waals surface area contributed by atoms with Crippen LogP contribution >= 0.6 is 0 Å². The fourth-order valence-electron chi connectivity index (χ4n) is 9.10. The molecule has 2 aromatic carbocycles. The molecule has 0 spiro atoms. The Bertz CT molecular complexity index is 1420. The number of amides is 3. The molecular formula is C35H41N3O6. The molecule has 232 valence electrons. The van der Waals surface area contributed by atoms with Gasteiger partial charge in [-0.1, -0.05) is 42.5 Å². The van der Waals surface area contributed by atoms with Crippen molar-refractivity contribution in [3.8, 4) is 0 Å². The summed E-state index contributed by atoms with van der Waals surface area (Å²) in [5.74, 6) is -0.933. The lowest BCUT2D eigenvalue weighted by atomic mass is 9.48. The molecule has 3 amide bonds. The van der Waals surface area contributed by atoms with E-state index in [0.29, 0.717) is 35.4 Å². The van der Waals surface area contributed by atoms with Crippen molar-refractivity contribution in [3.63, 3.8) is 0 Å². The first-order valence-electron chi connectivity index (χ1n) is 15.9. The molecule has 0 radical (unpaired) electrons. The number of aliphatic carboxylic acids is 1. The minimum absolute atomic E-state index is 0.108. The predicted molar refractivity (Wildman–Crippen MR) is 164 cm³/mol. The third-order valence-electron chi connectivity index (χ3n) is 10.4. The summed E-state index contributed by atoms with van der Waals surface area (Å²) in [4.78, 5) is 70.5. The molecule has 2 atom stereocenters. The zero-order chi connectivity index (χ0) is 31.0. The van der Waals surface area contributed by atoms with Crippen LogP contribution in [0.3, 0.4) is 0 Å². The summed E-state index contributed by atoms with van der Waals surface area (Å²) in [6.45, 7) is 1.42. The summed E-state index contributed by atoms with van der Waals surface area (Å²) >= 11 is 0. The maximum Gasteiger partial charge on any atom is 0.305 e. The number of nitrogens with one attached hydrogen (secondary N) is 1. The number of anilines is 1. The van der Waals surface area contributed by atoms with Gasteiger partial charge in [-0.2, -0.15) is 0 Å². The Balaban J connectivity index is 1.45. The van der Waals surface area contributed by atoms with Gasteiger partial charge in [0.05, 0.1) is 18.7 Å². The summed E-state index contributed by atoms with van der Waals surface area (Å²) < 4.78 is 0. The standard InChI is InChI=1S/C35H41N3O6/c1-22(39)38-29(33(43)36-12-11-32(41)42)16-31(40)27-9-5-6-10-28(27)37(21-23-7-3-2-4-8-23)34(44)30(38)20-35-17-24-13-25(18-35)15-26(14-24)19-35/h2-10,24-26,29-30H,11-21H2,1H3,(H,36,43)(H,41,42)/t24?,25?,26?,29-,30+,35?/m0/s1. The van der Waals surface area contributed by atoms with E-state index in [9.17, 15) is 19.2 Å². The number of Topliss-reactive ketones (excluding diaryl/α,β-unsaturated/α-hetero) is 1. The van der Waals surface area contributed by atoms with Crippen LogP contribution in [-0.2, 0) is 25.7 Å². The quantitative estimate of drug-likeness (QED) is 0.458. The fraction of sp³-hybridized carbons (Fsp3) is 0.514. The van der Waals surface area contributed by atoms with E-state index in [4.69, 9.17) is 5.11 Å². The summed E-state index contributed by atoms with van der Waals surface area (Å²) in [6, 6.07) is 14.3. The van der Waals surface area contributed by atoms with Crippen LogP contribution in [0.2, 0.25) is 0 Å². The third-order valence-corrected chi connectivity index (χ3v) is 10.4. The van der Waals surface area contributed by atoms with Crippen molar-refractivity contribution in [1.29, 1.82) is 0 Å². The van der Waals surface area contributed by atoms with Crippen molar-refractivity contribution >= 4 is 35.2 Å². The SMILES string of the molecule is CC(=O)N1[C@H](CC23CC4CC(CC(C4)C2)C3)C(=O)N(Cc2ccccc2)c2ccccc2C(=O)C[C@H]1C(=O)NCCC(=O)O. The van der Waals surface area contributed by atoms with Crippen molar-refractivity contribution < 1.29 is 29.1 Å². The maximum atomic E-state index is 15.0. The molecule has 4 bridgehead atoms. The second kappa shape index (κ2) is 12.2. The van der Waals surface area contributed by atoms with Crippen LogP contribution in [0.1, 0.15) is 80.6 Å². The average molecular weight is 600 g/mol. The van der Waals surface area contributed by atoms with Crippen molar-refractivity contribution in [2.45, 2.75) is 83.3 Å². The van der Waals surface area contributed by atoms with Gasteiger partial charge in [0.2, 0.25) is 17.7 Å². The second-order valence-corrected chi connectivity index (χ2v) is 13.6. The van der Waals surface area contributed by atoms with E-state index in [-0.39, 0.29) is 43.0 Å². The van der Waals surface area contributed by atoms with Gasteiger partial charge in [0.1, 0.15) is 12.1 Å². The molecular weight excluding hydrogens is 558 g/mol. The molecule has 0 aromatic heterocycles. The topological polar surface area (TPSA) is 124 Å². The number of carbonyl (C=O) groups excluding carboxylic acids is 4. The lowest BCUT2D eigenvalue weighted by molar-refractivity contribution is -0.149. The molecule has 4 saturated carbocycles. The normalized spacial score (nSPS) is 29.4. The first-order chi connectivity index (χ1) is 21.1. The number of carboxylic acid groups (broad SMARTS) is 1. The minimum atomic E-state index is -1.25. The number of carboxylic acids is 1. The van der Waals surface area contributed by atoms with Crippen LogP contribution in [0.4, 0.5) is 5.69 Å². The van der Waals surface area contributed by atoms with Crippen molar-refractivity contribution in [2.75, 3.05) is 11.4 Å². The smallest absolute Gasteiger partial charge is 0.305 e. The van der Waals surface area contributed by atoms with E-state index in [2.05, 4.69) is 5.32 Å². The van der Waals surface area contributed by atoms with Gasteiger partial charge in [-0.3, -0.25) is 24.0 Å². The van der Waals surface area contributed by atoms with Crippen LogP contribution in [0, 0.1) is 23.2 Å². The minimum Gasteiger partial charge on any atom is -0.481 e. The van der Waals surface area contributed by atoms with Gasteiger partial charge in [-0.15, -0.1) is 0 Å². The van der Waals surface area contributed by atoms with E-state index in [1.807, 2.05) is 30.3 Å². The summed E-state index contributed by atoms with van der Waals surface area (Å²) in [5.41, 5.74) is 1.56. The molecule has 0 unspecified atom stereocenters. The predicted octanol–water partition coefficient (Wildman–Crippen LogP) is 4.59. The number of hydrogen-bond acceptors (Lipinski definition) is 5. The van der Waals surface area contributed by atoms with Crippen molar-refractivity contribution in [2.24, 2.45) is 23.2 Å². The van der Waals surface area contributed by atoms with E-state index in [0.717, 1.165) is 24.8 Å². The maximum absolute atomic E-state index is 15.0. The molecule has 7 rings (SSSR count). The summed E-state index contributed by atoms with van der Waals surface area (Å²) in [5, 5.41) is 11.8. The number of nitrogens with zero attached hydrogens (tertiary/aromatic N) is 2. The molecule has 0 saturated heterocycles. The van der Waals surface area contributed by atoms with Crippen molar-refractivity contribution in [3.05, 3.63) is 65.7 Å². The van der Waals surface area contributed by atoms with Gasteiger partial charge < -0.3 is 20.2 Å². The van der Waals surface area contributed by atoms with E-state index in [1.54, 1.807) is 29.2 Å². The number of ketones is 1. The Kier molecular flexibility index (Phi) is 8.31. The van der Waals surface area contributed by atoms with E-state index >= 15 is 4.79 Å². The zero-order valence-corrected chi connectivity index (χ0v) is 25.2. The first-order valence-corrected chi connectivity index (χ1v) is 15.9. The number of carbonyl (C=O) groups is 5. The van der Waals surface area contributed by atoms with E-state index < -0.39 is 29.9 Å². The molecule has 5 aliphatic rings. The van der Waals surface area contributed by atoms with Crippen molar-refractivity contribution in [1.82, 2.24) is 10.2 Å². The molecule has 44 heavy (non-hydrogen) atoms. The highest BCUT2D eigenvalue weighted by Crippen LogP contribution is 2.62. The Hall–Kier alpha value is -4.01. The molecule has 4 aliphatic carbocycles. The van der Waals surface area contributed by atoms with Crippen LogP contribution in [0.25, 0.3) is 0 Å². The van der Waals surface area contributed by atoms with Gasteiger partial charge in [-0.05, 0) is 85.8 Å². The van der Waals surface area contributed by atoms with Gasteiger partial charge in [0.25, 0.3) is 0 Å². The number of fused-ring (bicyclic) bond motifs is 1. The first kappa shape index (κ1) is 30.0. The summed E-state index contributed by atoms with van der Waals surface area (Å²) in [6.07, 6.45) is 6.56. The highest BCUT2D eigenvalue weighted by Gasteiger charge is 2.54. The molecule has 2 N–H and O–H groups in total. The average Bonchev–Trinajstić information content (AvgIpc) is 3.00. The van der Waals surface area contributed by atoms with Gasteiger partial charge >= 0.3 is 5.97 Å². The van der Waals surface area contributed by atoms with Gasteiger partial charge in [0, 0.05) is 25.5 Å². The number of benzene rings is 2. The monoisotopic (exact) mass is 599 g/mol. The highest BCUT2D eigenvalue weighted by molar-refractivity contribution is 6.10. The third kappa shape index (κ3) is 6.01. The lowest BCUT2D eigenvalue weighted by Gasteiger charge is -2.58. The lowest BCUT2D eigenvalue weighted by Crippen LogP contribution is -2.60.